The molecule has 1 saturated carbocycles. The molecule has 1 N–H and O–H groups in total. The normalized spacial score (nSPS) is 21.0. The highest BCUT2D eigenvalue weighted by atomic mass is 35.5. The first kappa shape index (κ1) is 16.4. The van der Waals surface area contributed by atoms with E-state index in [1.807, 2.05) is 23.5 Å². The largest absolute Gasteiger partial charge is 0.346 e. The molecule has 0 atom stereocenters. The second kappa shape index (κ2) is 7.03. The van der Waals surface area contributed by atoms with Crippen molar-refractivity contribution in [2.75, 3.05) is 31.1 Å². The number of anilines is 1. The van der Waals surface area contributed by atoms with E-state index in [1.165, 1.54) is 48.5 Å². The number of hydrogen-bond acceptors (Lipinski definition) is 4. The van der Waals surface area contributed by atoms with E-state index >= 15 is 0 Å². The highest BCUT2D eigenvalue weighted by Gasteiger charge is 2.38. The molecule has 1 aromatic heterocycles. The van der Waals surface area contributed by atoms with Crippen molar-refractivity contribution in [2.45, 2.75) is 37.5 Å². The van der Waals surface area contributed by atoms with Gasteiger partial charge in [0, 0.05) is 42.0 Å². The maximum Gasteiger partial charge on any atom is 0.185 e. The first-order valence-electron chi connectivity index (χ1n) is 8.96. The Morgan fingerprint density at radius 2 is 1.75 bits per heavy atom. The number of aromatic nitrogens is 1. The summed E-state index contributed by atoms with van der Waals surface area (Å²) in [5, 5.41) is 7.71. The Morgan fingerprint density at radius 1 is 1.04 bits per heavy atom. The lowest BCUT2D eigenvalue weighted by Crippen LogP contribution is -2.43. The van der Waals surface area contributed by atoms with E-state index in [-0.39, 0.29) is 5.41 Å². The average Bonchev–Trinajstić information content (AvgIpc) is 3.14. The molecule has 2 aliphatic rings. The molecule has 128 valence electrons. The predicted molar refractivity (Wildman–Crippen MR) is 103 cm³/mol. The second-order valence-corrected chi connectivity index (χ2v) is 8.18. The minimum atomic E-state index is 0.0750. The quantitative estimate of drug-likeness (QED) is 0.875. The molecule has 3 nitrogen and oxygen atoms in total. The van der Waals surface area contributed by atoms with Crippen molar-refractivity contribution in [2.24, 2.45) is 0 Å². The van der Waals surface area contributed by atoms with Gasteiger partial charge < -0.3 is 10.2 Å². The van der Waals surface area contributed by atoms with Crippen LogP contribution in [-0.4, -0.2) is 31.2 Å². The molecule has 2 heterocycles. The molecule has 1 saturated heterocycles. The highest BCUT2D eigenvalue weighted by Crippen LogP contribution is 2.46. The minimum Gasteiger partial charge on any atom is -0.346 e. The fourth-order valence-corrected chi connectivity index (χ4v) is 5.21. The third-order valence-corrected chi connectivity index (χ3v) is 6.63. The smallest absolute Gasteiger partial charge is 0.185 e. The molecule has 1 aliphatic heterocycles. The van der Waals surface area contributed by atoms with Crippen LogP contribution in [0.4, 0.5) is 5.13 Å². The molecule has 5 heteroatoms. The van der Waals surface area contributed by atoms with E-state index in [1.54, 1.807) is 0 Å². The van der Waals surface area contributed by atoms with Gasteiger partial charge in [-0.05, 0) is 30.5 Å². The molecule has 1 aliphatic carbocycles. The van der Waals surface area contributed by atoms with E-state index in [2.05, 4.69) is 27.7 Å². The van der Waals surface area contributed by atoms with Crippen LogP contribution in [-0.2, 0) is 5.41 Å². The van der Waals surface area contributed by atoms with Crippen molar-refractivity contribution in [3.63, 3.8) is 0 Å². The summed E-state index contributed by atoms with van der Waals surface area (Å²) in [5.74, 6) is 0. The maximum absolute atomic E-state index is 6.12. The third-order valence-electron chi connectivity index (χ3n) is 5.47. The van der Waals surface area contributed by atoms with Crippen LogP contribution in [0.2, 0.25) is 5.02 Å². The molecule has 0 radical (unpaired) electrons. The SMILES string of the molecule is Clc1ccc(C2(c3csc(N4CCNCC4)n3)CCCCC2)cc1. The summed E-state index contributed by atoms with van der Waals surface area (Å²) < 4.78 is 0. The van der Waals surface area contributed by atoms with Gasteiger partial charge in [-0.15, -0.1) is 11.3 Å². The predicted octanol–water partition coefficient (Wildman–Crippen LogP) is 4.46. The van der Waals surface area contributed by atoms with Gasteiger partial charge in [0.15, 0.2) is 5.13 Å². The lowest BCUT2D eigenvalue weighted by atomic mass is 9.67. The summed E-state index contributed by atoms with van der Waals surface area (Å²) in [7, 11) is 0. The first-order chi connectivity index (χ1) is 11.8. The molecule has 2 aromatic rings. The molecule has 4 rings (SSSR count). The number of halogens is 1. The van der Waals surface area contributed by atoms with Crippen LogP contribution in [0.1, 0.15) is 43.4 Å². The first-order valence-corrected chi connectivity index (χ1v) is 10.2. The number of nitrogens with zero attached hydrogens (tertiary/aromatic N) is 2. The molecular weight excluding hydrogens is 338 g/mol. The summed E-state index contributed by atoms with van der Waals surface area (Å²) in [5.41, 5.74) is 2.72. The Kier molecular flexibility index (Phi) is 4.79. The monoisotopic (exact) mass is 361 g/mol. The molecular formula is C19H24ClN3S. The standard InChI is InChI=1S/C19H24ClN3S/c20-16-6-4-15(5-7-16)19(8-2-1-3-9-19)17-14-24-18(22-17)23-12-10-21-11-13-23/h4-7,14,21H,1-3,8-13H2. The Morgan fingerprint density at radius 3 is 2.46 bits per heavy atom. The van der Waals surface area contributed by atoms with Crippen LogP contribution in [0.25, 0.3) is 0 Å². The summed E-state index contributed by atoms with van der Waals surface area (Å²) in [4.78, 5) is 7.53. The Hall–Kier alpha value is -1.10. The zero-order chi connectivity index (χ0) is 16.4. The van der Waals surface area contributed by atoms with Gasteiger partial charge in [0.1, 0.15) is 0 Å². The molecule has 0 bridgehead atoms. The molecule has 0 spiro atoms. The summed E-state index contributed by atoms with van der Waals surface area (Å²) >= 11 is 7.93. The van der Waals surface area contributed by atoms with Gasteiger partial charge in [0.2, 0.25) is 0 Å². The topological polar surface area (TPSA) is 28.2 Å². The van der Waals surface area contributed by atoms with E-state index in [4.69, 9.17) is 16.6 Å². The van der Waals surface area contributed by atoms with Crippen LogP contribution in [0.15, 0.2) is 29.6 Å². The Balaban J connectivity index is 1.69. The summed E-state index contributed by atoms with van der Waals surface area (Å²) in [6.07, 6.45) is 6.29. The van der Waals surface area contributed by atoms with Crippen molar-refractivity contribution in [1.82, 2.24) is 10.3 Å². The Bertz CT molecular complexity index is 670. The number of rotatable bonds is 3. The zero-order valence-electron chi connectivity index (χ0n) is 13.9. The van der Waals surface area contributed by atoms with Crippen molar-refractivity contribution in [1.29, 1.82) is 0 Å². The molecule has 0 unspecified atom stereocenters. The maximum atomic E-state index is 6.12. The van der Waals surface area contributed by atoms with E-state index in [0.717, 1.165) is 31.2 Å². The number of nitrogens with one attached hydrogen (secondary N) is 1. The number of thiazole rings is 1. The zero-order valence-corrected chi connectivity index (χ0v) is 15.5. The van der Waals surface area contributed by atoms with Gasteiger partial charge in [-0.3, -0.25) is 0 Å². The van der Waals surface area contributed by atoms with E-state index in [9.17, 15) is 0 Å². The lowest BCUT2D eigenvalue weighted by Gasteiger charge is -2.37. The van der Waals surface area contributed by atoms with Crippen LogP contribution in [0, 0.1) is 0 Å². The van der Waals surface area contributed by atoms with Crippen LogP contribution >= 0.6 is 22.9 Å². The van der Waals surface area contributed by atoms with Crippen LogP contribution in [0.3, 0.4) is 0 Å². The fraction of sp³-hybridized carbons (Fsp3) is 0.526. The van der Waals surface area contributed by atoms with Crippen molar-refractivity contribution < 1.29 is 0 Å². The third kappa shape index (κ3) is 3.07. The molecule has 24 heavy (non-hydrogen) atoms. The molecule has 0 amide bonds. The van der Waals surface area contributed by atoms with Crippen LogP contribution in [0.5, 0.6) is 0 Å². The lowest BCUT2D eigenvalue weighted by molar-refractivity contribution is 0.340. The average molecular weight is 362 g/mol. The number of piperazine rings is 1. The summed E-state index contributed by atoms with van der Waals surface area (Å²) in [6, 6.07) is 8.46. The van der Waals surface area contributed by atoms with Crippen molar-refractivity contribution in [3.05, 3.63) is 45.9 Å². The van der Waals surface area contributed by atoms with Gasteiger partial charge in [-0.25, -0.2) is 4.98 Å². The van der Waals surface area contributed by atoms with E-state index in [0.29, 0.717) is 0 Å². The van der Waals surface area contributed by atoms with Gasteiger partial charge in [-0.1, -0.05) is 43.0 Å². The van der Waals surface area contributed by atoms with Gasteiger partial charge in [0.05, 0.1) is 5.69 Å². The highest BCUT2D eigenvalue weighted by molar-refractivity contribution is 7.13. The summed E-state index contributed by atoms with van der Waals surface area (Å²) in [6.45, 7) is 4.22. The Labute approximate surface area is 153 Å². The van der Waals surface area contributed by atoms with Crippen molar-refractivity contribution in [3.8, 4) is 0 Å². The van der Waals surface area contributed by atoms with E-state index < -0.39 is 0 Å². The van der Waals surface area contributed by atoms with Gasteiger partial charge in [0.25, 0.3) is 0 Å². The number of benzene rings is 1. The molecule has 1 aromatic carbocycles. The number of hydrogen-bond donors (Lipinski definition) is 1. The minimum absolute atomic E-state index is 0.0750. The van der Waals surface area contributed by atoms with Crippen LogP contribution < -0.4 is 10.2 Å². The fourth-order valence-electron chi connectivity index (χ4n) is 4.10. The second-order valence-electron chi connectivity index (χ2n) is 6.90. The van der Waals surface area contributed by atoms with Crippen molar-refractivity contribution >= 4 is 28.1 Å². The van der Waals surface area contributed by atoms with Gasteiger partial charge in [-0.2, -0.15) is 0 Å². The molecule has 2 fully saturated rings. The van der Waals surface area contributed by atoms with Gasteiger partial charge >= 0.3 is 0 Å².